The standard InChI is InChI=1S/C11H14BrNO3S/c1-3-13(6-10(14)16-4-2)11(15)8-5-9(12)17-7-8/h5,7H,3-4,6H2,1-2H3. The van der Waals surface area contributed by atoms with Gasteiger partial charge in [-0.1, -0.05) is 0 Å². The molecule has 17 heavy (non-hydrogen) atoms. The lowest BCUT2D eigenvalue weighted by atomic mass is 10.3. The maximum absolute atomic E-state index is 12.0. The number of amides is 1. The highest BCUT2D eigenvalue weighted by atomic mass is 79.9. The minimum Gasteiger partial charge on any atom is -0.465 e. The Hall–Kier alpha value is -0.880. The lowest BCUT2D eigenvalue weighted by Crippen LogP contribution is -2.36. The summed E-state index contributed by atoms with van der Waals surface area (Å²) in [7, 11) is 0. The molecule has 1 rings (SSSR count). The van der Waals surface area contributed by atoms with Gasteiger partial charge in [0.25, 0.3) is 5.91 Å². The number of ether oxygens (including phenoxy) is 1. The van der Waals surface area contributed by atoms with E-state index in [9.17, 15) is 9.59 Å². The van der Waals surface area contributed by atoms with E-state index in [1.165, 1.54) is 16.2 Å². The van der Waals surface area contributed by atoms with Crippen molar-refractivity contribution in [3.8, 4) is 0 Å². The van der Waals surface area contributed by atoms with Gasteiger partial charge < -0.3 is 9.64 Å². The Balaban J connectivity index is 2.67. The number of carbonyl (C=O) groups is 2. The van der Waals surface area contributed by atoms with Crippen LogP contribution in [-0.4, -0.2) is 36.5 Å². The van der Waals surface area contributed by atoms with Gasteiger partial charge in [-0.15, -0.1) is 11.3 Å². The van der Waals surface area contributed by atoms with E-state index in [0.29, 0.717) is 18.7 Å². The van der Waals surface area contributed by atoms with E-state index in [-0.39, 0.29) is 18.4 Å². The fourth-order valence-corrected chi connectivity index (χ4v) is 2.42. The summed E-state index contributed by atoms with van der Waals surface area (Å²) in [5.41, 5.74) is 0.591. The van der Waals surface area contributed by atoms with Crippen LogP contribution in [0.5, 0.6) is 0 Å². The van der Waals surface area contributed by atoms with Crippen molar-refractivity contribution in [2.24, 2.45) is 0 Å². The highest BCUT2D eigenvalue weighted by Gasteiger charge is 2.18. The molecule has 1 aromatic rings. The Morgan fingerprint density at radius 2 is 2.18 bits per heavy atom. The van der Waals surface area contributed by atoms with Crippen molar-refractivity contribution < 1.29 is 14.3 Å². The van der Waals surface area contributed by atoms with E-state index in [1.54, 1.807) is 18.4 Å². The van der Waals surface area contributed by atoms with Crippen molar-refractivity contribution >= 4 is 39.1 Å². The van der Waals surface area contributed by atoms with Crippen LogP contribution in [0, 0.1) is 0 Å². The molecule has 0 spiro atoms. The maximum Gasteiger partial charge on any atom is 0.325 e. The number of hydrogen-bond acceptors (Lipinski definition) is 4. The van der Waals surface area contributed by atoms with Gasteiger partial charge in [-0.3, -0.25) is 9.59 Å². The quantitative estimate of drug-likeness (QED) is 0.783. The number of likely N-dealkylation sites (N-methyl/N-ethyl adjacent to an activating group) is 1. The highest BCUT2D eigenvalue weighted by Crippen LogP contribution is 2.21. The number of nitrogens with zero attached hydrogens (tertiary/aromatic N) is 1. The molecule has 0 unspecified atom stereocenters. The second-order valence-corrected chi connectivity index (χ2v) is 5.55. The third-order valence-corrected chi connectivity index (χ3v) is 3.61. The molecule has 0 saturated carbocycles. The molecule has 0 aliphatic rings. The zero-order valence-corrected chi connectivity index (χ0v) is 12.1. The Labute approximate surface area is 113 Å². The number of carbonyl (C=O) groups excluding carboxylic acids is 2. The van der Waals surface area contributed by atoms with Crippen molar-refractivity contribution in [3.05, 3.63) is 20.8 Å². The van der Waals surface area contributed by atoms with Crippen LogP contribution in [0.2, 0.25) is 0 Å². The number of thiophene rings is 1. The normalized spacial score (nSPS) is 10.1. The molecule has 0 aromatic carbocycles. The fraction of sp³-hybridized carbons (Fsp3) is 0.455. The number of esters is 1. The van der Waals surface area contributed by atoms with Gasteiger partial charge >= 0.3 is 5.97 Å². The Morgan fingerprint density at radius 1 is 1.47 bits per heavy atom. The van der Waals surface area contributed by atoms with Gasteiger partial charge in [0, 0.05) is 11.9 Å². The molecule has 4 nitrogen and oxygen atoms in total. The number of halogens is 1. The molecule has 1 amide bonds. The summed E-state index contributed by atoms with van der Waals surface area (Å²) in [5.74, 6) is -0.528. The van der Waals surface area contributed by atoms with Gasteiger partial charge in [0.1, 0.15) is 6.54 Å². The lowest BCUT2D eigenvalue weighted by molar-refractivity contribution is -0.143. The summed E-state index contributed by atoms with van der Waals surface area (Å²) in [5, 5.41) is 1.76. The van der Waals surface area contributed by atoms with Crippen molar-refractivity contribution in [1.82, 2.24) is 4.90 Å². The average Bonchev–Trinajstić information content (AvgIpc) is 2.72. The minimum absolute atomic E-state index is 0.00333. The van der Waals surface area contributed by atoms with Crippen LogP contribution in [0.25, 0.3) is 0 Å². The zero-order valence-electron chi connectivity index (χ0n) is 9.73. The van der Waals surface area contributed by atoms with E-state index in [0.717, 1.165) is 3.79 Å². The largest absolute Gasteiger partial charge is 0.465 e. The molecule has 1 aromatic heterocycles. The first-order chi connectivity index (χ1) is 8.08. The number of rotatable bonds is 5. The third-order valence-electron chi connectivity index (χ3n) is 2.11. The van der Waals surface area contributed by atoms with Crippen molar-refractivity contribution in [2.75, 3.05) is 19.7 Å². The average molecular weight is 320 g/mol. The van der Waals surface area contributed by atoms with Gasteiger partial charge in [-0.2, -0.15) is 0 Å². The summed E-state index contributed by atoms with van der Waals surface area (Å²) in [4.78, 5) is 24.8. The zero-order chi connectivity index (χ0) is 12.8. The summed E-state index contributed by atoms with van der Waals surface area (Å²) in [6, 6.07) is 1.75. The molecule has 0 aliphatic carbocycles. The Bertz CT molecular complexity index is 405. The molecule has 0 fully saturated rings. The van der Waals surface area contributed by atoms with Gasteiger partial charge in [-0.25, -0.2) is 0 Å². The Morgan fingerprint density at radius 3 is 2.65 bits per heavy atom. The molecular formula is C11H14BrNO3S. The van der Waals surface area contributed by atoms with E-state index in [4.69, 9.17) is 4.74 Å². The molecule has 0 atom stereocenters. The Kier molecular flexibility index (Phi) is 5.64. The summed E-state index contributed by atoms with van der Waals surface area (Å²) >= 11 is 4.75. The maximum atomic E-state index is 12.0. The van der Waals surface area contributed by atoms with Crippen LogP contribution in [0.15, 0.2) is 15.2 Å². The molecule has 0 saturated heterocycles. The first-order valence-corrected chi connectivity index (χ1v) is 6.94. The van der Waals surface area contributed by atoms with Crippen molar-refractivity contribution in [3.63, 3.8) is 0 Å². The molecule has 0 radical (unpaired) electrons. The van der Waals surface area contributed by atoms with Crippen molar-refractivity contribution in [1.29, 1.82) is 0 Å². The smallest absolute Gasteiger partial charge is 0.325 e. The topological polar surface area (TPSA) is 46.6 Å². The SMILES string of the molecule is CCOC(=O)CN(CC)C(=O)c1csc(Br)c1. The minimum atomic E-state index is -0.378. The fourth-order valence-electron chi connectivity index (χ4n) is 1.29. The van der Waals surface area contributed by atoms with Gasteiger partial charge in [0.2, 0.25) is 0 Å². The summed E-state index contributed by atoms with van der Waals surface area (Å²) in [6.45, 7) is 4.38. The van der Waals surface area contributed by atoms with Crippen LogP contribution in [0.4, 0.5) is 0 Å². The molecule has 0 bridgehead atoms. The monoisotopic (exact) mass is 319 g/mol. The molecular weight excluding hydrogens is 306 g/mol. The van der Waals surface area contributed by atoms with Crippen LogP contribution in [0.3, 0.4) is 0 Å². The molecule has 6 heteroatoms. The first-order valence-electron chi connectivity index (χ1n) is 5.27. The first kappa shape index (κ1) is 14.2. The second-order valence-electron chi connectivity index (χ2n) is 3.26. The predicted octanol–water partition coefficient (Wildman–Crippen LogP) is 2.54. The predicted molar refractivity (Wildman–Crippen MR) is 70.2 cm³/mol. The van der Waals surface area contributed by atoms with Crippen LogP contribution >= 0.6 is 27.3 Å². The van der Waals surface area contributed by atoms with E-state index in [2.05, 4.69) is 15.9 Å². The van der Waals surface area contributed by atoms with Crippen LogP contribution in [-0.2, 0) is 9.53 Å². The van der Waals surface area contributed by atoms with Gasteiger partial charge in [0.15, 0.2) is 0 Å². The molecule has 0 aliphatic heterocycles. The van der Waals surface area contributed by atoms with E-state index >= 15 is 0 Å². The third kappa shape index (κ3) is 4.12. The van der Waals surface area contributed by atoms with Crippen LogP contribution in [0.1, 0.15) is 24.2 Å². The van der Waals surface area contributed by atoms with Gasteiger partial charge in [0.05, 0.1) is 16.0 Å². The summed E-state index contributed by atoms with van der Waals surface area (Å²) in [6.07, 6.45) is 0. The highest BCUT2D eigenvalue weighted by molar-refractivity contribution is 9.11. The molecule has 94 valence electrons. The number of hydrogen-bond donors (Lipinski definition) is 0. The molecule has 1 heterocycles. The van der Waals surface area contributed by atoms with Crippen LogP contribution < -0.4 is 0 Å². The summed E-state index contributed by atoms with van der Waals surface area (Å²) < 4.78 is 5.72. The van der Waals surface area contributed by atoms with E-state index in [1.807, 2.05) is 6.92 Å². The van der Waals surface area contributed by atoms with E-state index < -0.39 is 0 Å². The lowest BCUT2D eigenvalue weighted by Gasteiger charge is -2.18. The second kappa shape index (κ2) is 6.76. The van der Waals surface area contributed by atoms with Gasteiger partial charge in [-0.05, 0) is 35.8 Å². The molecule has 0 N–H and O–H groups in total. The van der Waals surface area contributed by atoms with Crippen molar-refractivity contribution in [2.45, 2.75) is 13.8 Å².